The van der Waals surface area contributed by atoms with Crippen LogP contribution in [-0.2, 0) is 32.7 Å². The molecule has 0 radical (unpaired) electrons. The SMILES string of the molecule is COC(=O)C(C(=O)OCc1ccccc1)[n+]1ccn(C)c1. The molecule has 0 aliphatic carbocycles. The van der Waals surface area contributed by atoms with Crippen molar-refractivity contribution in [3.63, 3.8) is 0 Å². The highest BCUT2D eigenvalue weighted by Gasteiger charge is 2.35. The number of rotatable bonds is 5. The van der Waals surface area contributed by atoms with E-state index >= 15 is 0 Å². The van der Waals surface area contributed by atoms with Crippen LogP contribution in [0.2, 0.25) is 0 Å². The van der Waals surface area contributed by atoms with E-state index in [-0.39, 0.29) is 6.61 Å². The molecule has 0 spiro atoms. The normalized spacial score (nSPS) is 11.7. The van der Waals surface area contributed by atoms with Crippen molar-refractivity contribution >= 4 is 11.9 Å². The van der Waals surface area contributed by atoms with E-state index < -0.39 is 18.0 Å². The number of esters is 2. The molecule has 21 heavy (non-hydrogen) atoms. The molecule has 0 aliphatic heterocycles. The number of methoxy groups -OCH3 is 1. The van der Waals surface area contributed by atoms with Gasteiger partial charge in [-0.1, -0.05) is 30.3 Å². The standard InChI is InChI=1S/C15H17N2O4/c1-16-8-9-17(11-16)13(14(18)20-2)15(19)21-10-12-6-4-3-5-7-12/h3-9,11,13H,10H2,1-2H3/q+1. The van der Waals surface area contributed by atoms with E-state index in [0.29, 0.717) is 0 Å². The lowest BCUT2D eigenvalue weighted by Crippen LogP contribution is -2.48. The van der Waals surface area contributed by atoms with Crippen molar-refractivity contribution in [2.45, 2.75) is 12.6 Å². The Morgan fingerprint density at radius 1 is 1.24 bits per heavy atom. The molecule has 1 unspecified atom stereocenters. The summed E-state index contributed by atoms with van der Waals surface area (Å²) in [4.78, 5) is 24.0. The highest BCUT2D eigenvalue weighted by molar-refractivity contribution is 5.95. The first-order chi connectivity index (χ1) is 10.1. The number of carbonyl (C=O) groups is 2. The van der Waals surface area contributed by atoms with Gasteiger partial charge in [0.25, 0.3) is 6.04 Å². The van der Waals surface area contributed by atoms with Gasteiger partial charge in [0.05, 0.1) is 14.2 Å². The molecule has 6 nitrogen and oxygen atoms in total. The van der Waals surface area contributed by atoms with E-state index in [0.717, 1.165) is 5.56 Å². The molecule has 0 saturated heterocycles. The second kappa shape index (κ2) is 6.69. The summed E-state index contributed by atoms with van der Waals surface area (Å²) in [5.41, 5.74) is 0.854. The summed E-state index contributed by atoms with van der Waals surface area (Å²) in [6, 6.07) is 8.13. The molecule has 0 amide bonds. The number of aryl methyl sites for hydroxylation is 1. The number of aromatic nitrogens is 2. The first-order valence-corrected chi connectivity index (χ1v) is 6.43. The first-order valence-electron chi connectivity index (χ1n) is 6.43. The number of carbonyl (C=O) groups excluding carboxylic acids is 2. The Labute approximate surface area is 122 Å². The number of benzene rings is 1. The summed E-state index contributed by atoms with van der Waals surface area (Å²) in [6.07, 6.45) is 4.96. The Balaban J connectivity index is 2.10. The molecule has 0 bridgehead atoms. The molecule has 1 aromatic carbocycles. The van der Waals surface area contributed by atoms with E-state index in [1.165, 1.54) is 11.7 Å². The topological polar surface area (TPSA) is 61.4 Å². The smallest absolute Gasteiger partial charge is 0.364 e. The van der Waals surface area contributed by atoms with E-state index in [1.54, 1.807) is 30.3 Å². The summed E-state index contributed by atoms with van der Waals surface area (Å²) >= 11 is 0. The minimum atomic E-state index is -1.14. The van der Waals surface area contributed by atoms with Crippen LogP contribution >= 0.6 is 0 Å². The number of hydrogen-bond donors (Lipinski definition) is 0. The Kier molecular flexibility index (Phi) is 4.71. The number of imidazole rings is 1. The third-order valence-electron chi connectivity index (χ3n) is 2.96. The largest absolute Gasteiger partial charge is 0.465 e. The Hall–Kier alpha value is -2.63. The molecule has 2 aromatic rings. The Morgan fingerprint density at radius 2 is 1.95 bits per heavy atom. The Bertz CT molecular complexity index is 622. The maximum absolute atomic E-state index is 12.2. The van der Waals surface area contributed by atoms with Crippen molar-refractivity contribution in [3.8, 4) is 0 Å². The van der Waals surface area contributed by atoms with Gasteiger partial charge in [-0.2, -0.15) is 0 Å². The van der Waals surface area contributed by atoms with Gasteiger partial charge in [-0.15, -0.1) is 0 Å². The van der Waals surface area contributed by atoms with Crippen LogP contribution in [-0.4, -0.2) is 23.6 Å². The van der Waals surface area contributed by atoms with E-state index in [9.17, 15) is 9.59 Å². The molecule has 1 heterocycles. The van der Waals surface area contributed by atoms with Gasteiger partial charge in [0.1, 0.15) is 19.0 Å². The molecule has 110 valence electrons. The third kappa shape index (κ3) is 3.68. The highest BCUT2D eigenvalue weighted by Crippen LogP contribution is 2.07. The van der Waals surface area contributed by atoms with Crippen LogP contribution in [0.5, 0.6) is 0 Å². The van der Waals surface area contributed by atoms with Gasteiger partial charge in [-0.05, 0) is 5.56 Å². The molecule has 6 heteroatoms. The van der Waals surface area contributed by atoms with Crippen LogP contribution in [0.25, 0.3) is 0 Å². The number of ether oxygens (including phenoxy) is 2. The van der Waals surface area contributed by atoms with Crippen LogP contribution in [0, 0.1) is 0 Å². The lowest BCUT2D eigenvalue weighted by atomic mass is 10.2. The maximum Gasteiger partial charge on any atom is 0.364 e. The van der Waals surface area contributed by atoms with Crippen molar-refractivity contribution < 1.29 is 23.6 Å². The quantitative estimate of drug-likeness (QED) is 0.463. The maximum atomic E-state index is 12.2. The third-order valence-corrected chi connectivity index (χ3v) is 2.96. The molecule has 0 fully saturated rings. The van der Waals surface area contributed by atoms with E-state index in [4.69, 9.17) is 4.74 Å². The number of nitrogens with zero attached hydrogens (tertiary/aromatic N) is 2. The zero-order valence-electron chi connectivity index (χ0n) is 11.9. The van der Waals surface area contributed by atoms with Crippen molar-refractivity contribution in [2.75, 3.05) is 7.11 Å². The van der Waals surface area contributed by atoms with Crippen molar-refractivity contribution in [2.24, 2.45) is 7.05 Å². The van der Waals surface area contributed by atoms with Crippen molar-refractivity contribution in [3.05, 3.63) is 54.6 Å². The fourth-order valence-corrected chi connectivity index (χ4v) is 1.88. The molecule has 1 aromatic heterocycles. The molecule has 0 saturated carbocycles. The van der Waals surface area contributed by atoms with Crippen LogP contribution in [0.4, 0.5) is 0 Å². The monoisotopic (exact) mass is 289 g/mol. The van der Waals surface area contributed by atoms with Gasteiger partial charge in [-0.25, -0.2) is 18.7 Å². The van der Waals surface area contributed by atoms with Gasteiger partial charge in [-0.3, -0.25) is 0 Å². The van der Waals surface area contributed by atoms with Gasteiger partial charge >= 0.3 is 11.9 Å². The summed E-state index contributed by atoms with van der Waals surface area (Å²) < 4.78 is 13.1. The van der Waals surface area contributed by atoms with Crippen LogP contribution < -0.4 is 4.57 Å². The summed E-state index contributed by atoms with van der Waals surface area (Å²) in [7, 11) is 3.03. The lowest BCUT2D eigenvalue weighted by Gasteiger charge is -2.11. The average Bonchev–Trinajstić information content (AvgIpc) is 2.92. The predicted molar refractivity (Wildman–Crippen MR) is 72.9 cm³/mol. The van der Waals surface area contributed by atoms with Crippen molar-refractivity contribution in [1.29, 1.82) is 0 Å². The van der Waals surface area contributed by atoms with Crippen LogP contribution in [0.1, 0.15) is 11.6 Å². The predicted octanol–water partition coefficient (Wildman–Crippen LogP) is 0.770. The lowest BCUT2D eigenvalue weighted by molar-refractivity contribution is -0.698. The molecule has 0 aliphatic rings. The summed E-state index contributed by atoms with van der Waals surface area (Å²) in [6.45, 7) is 0.112. The zero-order chi connectivity index (χ0) is 15.2. The summed E-state index contributed by atoms with van der Waals surface area (Å²) in [5, 5.41) is 0. The minimum absolute atomic E-state index is 0.112. The van der Waals surface area contributed by atoms with Gasteiger partial charge in [0.2, 0.25) is 6.33 Å². The van der Waals surface area contributed by atoms with Crippen molar-refractivity contribution in [1.82, 2.24) is 4.57 Å². The minimum Gasteiger partial charge on any atom is -0.465 e. The molecule has 0 N–H and O–H groups in total. The fraction of sp³-hybridized carbons (Fsp3) is 0.267. The highest BCUT2D eigenvalue weighted by atomic mass is 16.6. The van der Waals surface area contributed by atoms with E-state index in [2.05, 4.69) is 4.74 Å². The fourth-order valence-electron chi connectivity index (χ4n) is 1.88. The van der Waals surface area contributed by atoms with Crippen LogP contribution in [0.3, 0.4) is 0 Å². The second-order valence-corrected chi connectivity index (χ2v) is 4.55. The second-order valence-electron chi connectivity index (χ2n) is 4.55. The Morgan fingerprint density at radius 3 is 2.52 bits per heavy atom. The summed E-state index contributed by atoms with van der Waals surface area (Å²) in [5.74, 6) is -1.31. The van der Waals surface area contributed by atoms with Gasteiger partial charge in [0.15, 0.2) is 0 Å². The molecule has 2 rings (SSSR count). The van der Waals surface area contributed by atoms with Crippen LogP contribution in [0.15, 0.2) is 49.1 Å². The molecule has 1 atom stereocenters. The first kappa shape index (κ1) is 14.8. The molecular weight excluding hydrogens is 272 g/mol. The van der Waals surface area contributed by atoms with Gasteiger partial charge in [0, 0.05) is 0 Å². The zero-order valence-corrected chi connectivity index (χ0v) is 11.9. The average molecular weight is 289 g/mol. The molecular formula is C15H17N2O4+. The number of hydrogen-bond acceptors (Lipinski definition) is 4. The van der Waals surface area contributed by atoms with Gasteiger partial charge < -0.3 is 9.47 Å². The van der Waals surface area contributed by atoms with E-state index in [1.807, 2.05) is 30.3 Å².